The number of rotatable bonds is 6. The van der Waals surface area contributed by atoms with Gasteiger partial charge in [-0.3, -0.25) is 0 Å². The highest BCUT2D eigenvalue weighted by molar-refractivity contribution is 6.32. The number of halogens is 1. The van der Waals surface area contributed by atoms with Gasteiger partial charge >= 0.3 is 0 Å². The molecule has 0 aliphatic heterocycles. The number of hydrogen-bond donors (Lipinski definition) is 1. The van der Waals surface area contributed by atoms with Crippen LogP contribution in [0.3, 0.4) is 0 Å². The predicted octanol–water partition coefficient (Wildman–Crippen LogP) is 4.65. The maximum absolute atomic E-state index is 6.16. The number of aryl methyl sites for hydroxylation is 2. The first-order chi connectivity index (χ1) is 10.1. The van der Waals surface area contributed by atoms with E-state index in [2.05, 4.69) is 36.5 Å². The third kappa shape index (κ3) is 4.48. The van der Waals surface area contributed by atoms with Gasteiger partial charge in [-0.2, -0.15) is 0 Å². The second-order valence-corrected chi connectivity index (χ2v) is 5.63. The molecule has 0 aromatic heterocycles. The Balaban J connectivity index is 1.96. The predicted molar refractivity (Wildman–Crippen MR) is 89.1 cm³/mol. The summed E-state index contributed by atoms with van der Waals surface area (Å²) in [5.41, 5.74) is 4.56. The van der Waals surface area contributed by atoms with Crippen LogP contribution in [-0.4, -0.2) is 6.54 Å². The van der Waals surface area contributed by atoms with Crippen molar-refractivity contribution in [3.63, 3.8) is 0 Å². The highest BCUT2D eigenvalue weighted by Gasteiger charge is 2.04. The minimum atomic E-state index is 0.571. The summed E-state index contributed by atoms with van der Waals surface area (Å²) in [5, 5.41) is 4.13. The molecule has 2 nitrogen and oxygen atoms in total. The lowest BCUT2D eigenvalue weighted by Gasteiger charge is -2.10. The van der Waals surface area contributed by atoms with Crippen molar-refractivity contribution < 1.29 is 4.74 Å². The van der Waals surface area contributed by atoms with Crippen LogP contribution < -0.4 is 10.1 Å². The van der Waals surface area contributed by atoms with Gasteiger partial charge < -0.3 is 10.1 Å². The van der Waals surface area contributed by atoms with Crippen molar-refractivity contribution in [1.82, 2.24) is 5.32 Å². The number of ether oxygens (including phenoxy) is 1. The SMILES string of the molecule is CCNCc1ccc(COc2cc(C)c(Cl)c(C)c2)cc1. The molecule has 0 unspecified atom stereocenters. The molecule has 112 valence electrons. The Bertz CT molecular complexity index is 570. The fourth-order valence-corrected chi connectivity index (χ4v) is 2.29. The Kier molecular flexibility index (Phi) is 5.66. The molecule has 0 radical (unpaired) electrons. The molecular formula is C18H22ClNO. The summed E-state index contributed by atoms with van der Waals surface area (Å²) in [6.07, 6.45) is 0. The van der Waals surface area contributed by atoms with Crippen molar-refractivity contribution in [3.05, 3.63) is 63.7 Å². The largest absolute Gasteiger partial charge is 0.489 e. The lowest BCUT2D eigenvalue weighted by Crippen LogP contribution is -2.11. The van der Waals surface area contributed by atoms with Gasteiger partial charge in [0.2, 0.25) is 0 Å². The molecule has 0 fully saturated rings. The zero-order valence-corrected chi connectivity index (χ0v) is 13.6. The van der Waals surface area contributed by atoms with E-state index >= 15 is 0 Å². The summed E-state index contributed by atoms with van der Waals surface area (Å²) < 4.78 is 5.86. The first kappa shape index (κ1) is 15.9. The average molecular weight is 304 g/mol. The standard InChI is InChI=1S/C18H22ClNO/c1-4-20-11-15-5-7-16(8-6-15)12-21-17-9-13(2)18(19)14(3)10-17/h5-10,20H,4,11-12H2,1-3H3. The molecule has 2 aromatic rings. The smallest absolute Gasteiger partial charge is 0.120 e. The van der Waals surface area contributed by atoms with Crippen LogP contribution in [-0.2, 0) is 13.2 Å². The monoisotopic (exact) mass is 303 g/mol. The van der Waals surface area contributed by atoms with Crippen molar-refractivity contribution in [2.24, 2.45) is 0 Å². The normalized spacial score (nSPS) is 10.7. The van der Waals surface area contributed by atoms with Gasteiger partial charge in [-0.15, -0.1) is 0 Å². The number of benzene rings is 2. The van der Waals surface area contributed by atoms with Gasteiger partial charge in [0.15, 0.2) is 0 Å². The lowest BCUT2D eigenvalue weighted by atomic mass is 10.1. The van der Waals surface area contributed by atoms with E-state index in [0.29, 0.717) is 6.61 Å². The third-order valence-electron chi connectivity index (χ3n) is 3.42. The van der Waals surface area contributed by atoms with Crippen molar-refractivity contribution in [2.75, 3.05) is 6.54 Å². The van der Waals surface area contributed by atoms with Crippen LogP contribution in [0.5, 0.6) is 5.75 Å². The highest BCUT2D eigenvalue weighted by Crippen LogP contribution is 2.26. The van der Waals surface area contributed by atoms with Gasteiger partial charge in [0, 0.05) is 11.6 Å². The first-order valence-corrected chi connectivity index (χ1v) is 7.66. The zero-order chi connectivity index (χ0) is 15.2. The minimum Gasteiger partial charge on any atom is -0.489 e. The molecule has 0 heterocycles. The highest BCUT2D eigenvalue weighted by atomic mass is 35.5. The van der Waals surface area contributed by atoms with Crippen LogP contribution in [0.4, 0.5) is 0 Å². The van der Waals surface area contributed by atoms with Gasteiger partial charge in [0.05, 0.1) is 0 Å². The van der Waals surface area contributed by atoms with Crippen LogP contribution in [0.25, 0.3) is 0 Å². The Hall–Kier alpha value is -1.51. The second-order valence-electron chi connectivity index (χ2n) is 5.26. The summed E-state index contributed by atoms with van der Waals surface area (Å²) in [6.45, 7) is 8.57. The average Bonchev–Trinajstić information content (AvgIpc) is 2.49. The summed E-state index contributed by atoms with van der Waals surface area (Å²) in [6, 6.07) is 12.5. The van der Waals surface area contributed by atoms with Crippen LogP contribution in [0.1, 0.15) is 29.2 Å². The molecule has 0 saturated heterocycles. The molecule has 0 spiro atoms. The van der Waals surface area contributed by atoms with Gasteiger partial charge in [-0.05, 0) is 54.8 Å². The van der Waals surface area contributed by atoms with Gasteiger partial charge in [-0.25, -0.2) is 0 Å². The molecule has 0 bridgehead atoms. The molecule has 0 saturated carbocycles. The van der Waals surface area contributed by atoms with Crippen molar-refractivity contribution in [1.29, 1.82) is 0 Å². The van der Waals surface area contributed by atoms with Crippen LogP contribution in [0, 0.1) is 13.8 Å². The molecular weight excluding hydrogens is 282 g/mol. The Morgan fingerprint density at radius 3 is 2.14 bits per heavy atom. The molecule has 1 N–H and O–H groups in total. The molecule has 0 aliphatic rings. The van der Waals surface area contributed by atoms with E-state index in [1.54, 1.807) is 0 Å². The molecule has 2 rings (SSSR count). The lowest BCUT2D eigenvalue weighted by molar-refractivity contribution is 0.306. The molecule has 0 aliphatic carbocycles. The Morgan fingerprint density at radius 1 is 1.00 bits per heavy atom. The van der Waals surface area contributed by atoms with Gasteiger partial charge in [0.1, 0.15) is 12.4 Å². The zero-order valence-electron chi connectivity index (χ0n) is 12.9. The summed E-state index contributed by atoms with van der Waals surface area (Å²) in [5.74, 6) is 0.867. The first-order valence-electron chi connectivity index (χ1n) is 7.28. The fourth-order valence-electron chi connectivity index (χ4n) is 2.18. The summed E-state index contributed by atoms with van der Waals surface area (Å²) >= 11 is 6.16. The quantitative estimate of drug-likeness (QED) is 0.839. The summed E-state index contributed by atoms with van der Waals surface area (Å²) in [4.78, 5) is 0. The number of hydrogen-bond acceptors (Lipinski definition) is 2. The van der Waals surface area contributed by atoms with Crippen LogP contribution in [0.2, 0.25) is 5.02 Å². The molecule has 0 amide bonds. The fraction of sp³-hybridized carbons (Fsp3) is 0.333. The third-order valence-corrected chi connectivity index (χ3v) is 4.01. The van der Waals surface area contributed by atoms with Crippen LogP contribution >= 0.6 is 11.6 Å². The molecule has 3 heteroatoms. The number of nitrogens with one attached hydrogen (secondary N) is 1. The Morgan fingerprint density at radius 2 is 1.57 bits per heavy atom. The second kappa shape index (κ2) is 7.48. The summed E-state index contributed by atoms with van der Waals surface area (Å²) in [7, 11) is 0. The van der Waals surface area contributed by atoms with E-state index in [-0.39, 0.29) is 0 Å². The van der Waals surface area contributed by atoms with E-state index in [9.17, 15) is 0 Å². The minimum absolute atomic E-state index is 0.571. The Labute approximate surface area is 132 Å². The molecule has 21 heavy (non-hydrogen) atoms. The van der Waals surface area contributed by atoms with Crippen molar-refractivity contribution in [2.45, 2.75) is 33.9 Å². The van der Waals surface area contributed by atoms with Crippen molar-refractivity contribution in [3.8, 4) is 5.75 Å². The van der Waals surface area contributed by atoms with Gasteiger partial charge in [-0.1, -0.05) is 42.8 Å². The maximum Gasteiger partial charge on any atom is 0.120 e. The van der Waals surface area contributed by atoms with Gasteiger partial charge in [0.25, 0.3) is 0 Å². The topological polar surface area (TPSA) is 21.3 Å². The maximum atomic E-state index is 6.16. The van der Waals surface area contributed by atoms with E-state index < -0.39 is 0 Å². The molecule has 2 aromatic carbocycles. The van der Waals surface area contributed by atoms with E-state index in [4.69, 9.17) is 16.3 Å². The van der Waals surface area contributed by atoms with Crippen molar-refractivity contribution >= 4 is 11.6 Å². The molecule has 0 atom stereocenters. The van der Waals surface area contributed by atoms with Crippen LogP contribution in [0.15, 0.2) is 36.4 Å². The van der Waals surface area contributed by atoms with E-state index in [1.165, 1.54) is 11.1 Å². The van der Waals surface area contributed by atoms with E-state index in [1.807, 2.05) is 26.0 Å². The van der Waals surface area contributed by atoms with E-state index in [0.717, 1.165) is 35.0 Å².